The average Bonchev–Trinajstić information content (AvgIpc) is 3.68. The molecule has 3 aromatic heterocycles. The highest BCUT2D eigenvalue weighted by Gasteiger charge is 2.22. The fourth-order valence-corrected chi connectivity index (χ4v) is 7.69. The normalized spacial score (nSPS) is 11.6. The Morgan fingerprint density at radius 3 is 1.87 bits per heavy atom. The number of thiophene rings is 1. The molecule has 0 unspecified atom stereocenters. The zero-order valence-electron chi connectivity index (χ0n) is 24.9. The van der Waals surface area contributed by atoms with Gasteiger partial charge in [0.1, 0.15) is 5.75 Å². The van der Waals surface area contributed by atoms with Crippen molar-refractivity contribution in [2.24, 2.45) is 0 Å². The van der Waals surface area contributed by atoms with E-state index in [0.29, 0.717) is 17.6 Å². The molecule has 218 valence electrons. The van der Waals surface area contributed by atoms with Crippen LogP contribution in [-0.2, 0) is 0 Å². The topological polar surface area (TPSA) is 52.8 Å². The number of rotatable bonds is 5. The molecule has 9 rings (SSSR count). The maximum atomic E-state index is 5.70. The molecule has 0 radical (unpaired) electrons. The fraction of sp³-hybridized carbons (Fsp3) is 0.0250. The average molecular weight is 611 g/mol. The molecule has 0 atom stereocenters. The minimum atomic E-state index is 0.573. The van der Waals surface area contributed by atoms with Gasteiger partial charge in [0.25, 0.3) is 0 Å². The number of hydrogen-bond acceptors (Lipinski definition) is 5. The van der Waals surface area contributed by atoms with E-state index in [1.165, 1.54) is 31.3 Å². The highest BCUT2D eigenvalue weighted by atomic mass is 32.1. The Balaban J connectivity index is 1.43. The van der Waals surface area contributed by atoms with Crippen LogP contribution in [0.15, 0.2) is 140 Å². The molecule has 3 heterocycles. The number of benzene rings is 6. The van der Waals surface area contributed by atoms with Crippen LogP contribution in [0, 0.1) is 0 Å². The summed E-state index contributed by atoms with van der Waals surface area (Å²) < 4.78 is 10.4. The molecule has 0 saturated heterocycles. The standard InChI is InChI=1S/C40H26N4OS/c1-45-28-20-22-33-32(24-28)30-21-23-34-35(31-19-11-18-29(37(31)46-34)25-12-5-2-6-13-25)36(30)44(33)40-42-38(26-14-7-3-8-15-26)41-39(43-40)27-16-9-4-10-17-27/h2-24H,1H3. The molecule has 0 fully saturated rings. The lowest BCUT2D eigenvalue weighted by Gasteiger charge is -2.11. The van der Waals surface area contributed by atoms with Gasteiger partial charge in [-0.2, -0.15) is 9.97 Å². The second-order valence-corrected chi connectivity index (χ2v) is 12.3. The first-order chi connectivity index (χ1) is 22.8. The minimum absolute atomic E-state index is 0.573. The van der Waals surface area contributed by atoms with Gasteiger partial charge in [0.15, 0.2) is 11.6 Å². The first kappa shape index (κ1) is 26.5. The van der Waals surface area contributed by atoms with Crippen molar-refractivity contribution in [2.75, 3.05) is 7.11 Å². The summed E-state index contributed by atoms with van der Waals surface area (Å²) in [6.45, 7) is 0. The molecule has 6 heteroatoms. The Morgan fingerprint density at radius 2 is 1.22 bits per heavy atom. The third kappa shape index (κ3) is 4.19. The van der Waals surface area contributed by atoms with Crippen LogP contribution in [0.4, 0.5) is 0 Å². The van der Waals surface area contributed by atoms with E-state index in [1.54, 1.807) is 7.11 Å². The highest BCUT2D eigenvalue weighted by molar-refractivity contribution is 7.26. The summed E-state index contributed by atoms with van der Waals surface area (Å²) >= 11 is 1.83. The maximum Gasteiger partial charge on any atom is 0.238 e. The summed E-state index contributed by atoms with van der Waals surface area (Å²) in [6.07, 6.45) is 0. The number of aromatic nitrogens is 4. The lowest BCUT2D eigenvalue weighted by Crippen LogP contribution is -2.06. The second kappa shape index (κ2) is 10.6. The van der Waals surface area contributed by atoms with E-state index < -0.39 is 0 Å². The van der Waals surface area contributed by atoms with Crippen LogP contribution >= 0.6 is 11.3 Å². The number of nitrogens with zero attached hydrogens (tertiary/aromatic N) is 4. The van der Waals surface area contributed by atoms with Crippen molar-refractivity contribution in [2.45, 2.75) is 0 Å². The number of methoxy groups -OCH3 is 1. The van der Waals surface area contributed by atoms with Crippen LogP contribution in [-0.4, -0.2) is 26.6 Å². The Hall–Kier alpha value is -5.85. The smallest absolute Gasteiger partial charge is 0.238 e. The largest absolute Gasteiger partial charge is 0.497 e. The Kier molecular flexibility index (Phi) is 6.14. The second-order valence-electron chi connectivity index (χ2n) is 11.2. The first-order valence-corrected chi connectivity index (χ1v) is 16.0. The van der Waals surface area contributed by atoms with Gasteiger partial charge < -0.3 is 4.74 Å². The third-order valence-electron chi connectivity index (χ3n) is 8.57. The lowest BCUT2D eigenvalue weighted by molar-refractivity contribution is 0.415. The van der Waals surface area contributed by atoms with Crippen LogP contribution in [0.2, 0.25) is 0 Å². The van der Waals surface area contributed by atoms with Crippen molar-refractivity contribution in [3.05, 3.63) is 140 Å². The third-order valence-corrected chi connectivity index (χ3v) is 9.77. The summed E-state index contributed by atoms with van der Waals surface area (Å²) in [5.74, 6) is 2.63. The van der Waals surface area contributed by atoms with Crippen molar-refractivity contribution in [1.29, 1.82) is 0 Å². The van der Waals surface area contributed by atoms with Gasteiger partial charge in [0, 0.05) is 42.1 Å². The molecule has 0 N–H and O–H groups in total. The Labute approximate surface area is 269 Å². The highest BCUT2D eigenvalue weighted by Crippen LogP contribution is 2.46. The van der Waals surface area contributed by atoms with Gasteiger partial charge in [-0.3, -0.25) is 4.57 Å². The van der Waals surface area contributed by atoms with E-state index in [0.717, 1.165) is 38.7 Å². The Morgan fingerprint density at radius 1 is 0.565 bits per heavy atom. The van der Waals surface area contributed by atoms with Crippen LogP contribution in [0.5, 0.6) is 5.75 Å². The minimum Gasteiger partial charge on any atom is -0.497 e. The predicted octanol–water partition coefficient (Wildman–Crippen LogP) is 10.3. The predicted molar refractivity (Wildman–Crippen MR) is 190 cm³/mol. The van der Waals surface area contributed by atoms with Gasteiger partial charge in [-0.15, -0.1) is 11.3 Å². The molecule has 0 aliphatic heterocycles. The quantitative estimate of drug-likeness (QED) is 0.195. The summed E-state index contributed by atoms with van der Waals surface area (Å²) in [6, 6.07) is 48.2. The Bertz CT molecular complexity index is 2500. The van der Waals surface area contributed by atoms with E-state index in [4.69, 9.17) is 19.7 Å². The zero-order chi connectivity index (χ0) is 30.6. The van der Waals surface area contributed by atoms with Gasteiger partial charge in [0.05, 0.1) is 18.1 Å². The first-order valence-electron chi connectivity index (χ1n) is 15.2. The molecule has 46 heavy (non-hydrogen) atoms. The monoisotopic (exact) mass is 610 g/mol. The van der Waals surface area contributed by atoms with Gasteiger partial charge in [-0.1, -0.05) is 115 Å². The molecule has 0 aliphatic rings. The molecule has 0 bridgehead atoms. The molecule has 0 spiro atoms. The van der Waals surface area contributed by atoms with E-state index in [2.05, 4.69) is 77.4 Å². The van der Waals surface area contributed by atoms with Crippen LogP contribution in [0.25, 0.3) is 81.8 Å². The summed E-state index contributed by atoms with van der Waals surface area (Å²) in [4.78, 5) is 15.3. The van der Waals surface area contributed by atoms with Gasteiger partial charge in [-0.05, 0) is 35.4 Å². The molecular formula is C40H26N4OS. The van der Waals surface area contributed by atoms with Crippen molar-refractivity contribution in [1.82, 2.24) is 19.5 Å². The zero-order valence-corrected chi connectivity index (χ0v) is 25.7. The van der Waals surface area contributed by atoms with E-state index in [9.17, 15) is 0 Å². The van der Waals surface area contributed by atoms with Crippen LogP contribution in [0.3, 0.4) is 0 Å². The molecule has 0 saturated carbocycles. The van der Waals surface area contributed by atoms with Crippen molar-refractivity contribution in [3.63, 3.8) is 0 Å². The van der Waals surface area contributed by atoms with Gasteiger partial charge in [0.2, 0.25) is 5.95 Å². The van der Waals surface area contributed by atoms with Crippen molar-refractivity contribution >= 4 is 53.3 Å². The number of hydrogen-bond donors (Lipinski definition) is 0. The van der Waals surface area contributed by atoms with Crippen molar-refractivity contribution < 1.29 is 4.74 Å². The SMILES string of the molecule is COc1ccc2c(c1)c1ccc3sc4c(-c5ccccc5)cccc4c3c1n2-c1nc(-c2ccccc2)nc(-c2ccccc2)n1. The molecule has 9 aromatic rings. The summed E-state index contributed by atoms with van der Waals surface area (Å²) in [5.41, 5.74) is 6.38. The molecular weight excluding hydrogens is 585 g/mol. The van der Waals surface area contributed by atoms with E-state index >= 15 is 0 Å². The van der Waals surface area contributed by atoms with E-state index in [-0.39, 0.29) is 0 Å². The summed E-state index contributed by atoms with van der Waals surface area (Å²) in [7, 11) is 1.71. The lowest BCUT2D eigenvalue weighted by atomic mass is 10.0. The number of ether oxygens (including phenoxy) is 1. The van der Waals surface area contributed by atoms with E-state index in [1.807, 2.05) is 78.1 Å². The summed E-state index contributed by atoms with van der Waals surface area (Å²) in [5, 5.41) is 4.60. The van der Waals surface area contributed by atoms with Gasteiger partial charge >= 0.3 is 0 Å². The van der Waals surface area contributed by atoms with Crippen molar-refractivity contribution in [3.8, 4) is 45.6 Å². The molecule has 0 amide bonds. The fourth-order valence-electron chi connectivity index (χ4n) is 6.44. The van der Waals surface area contributed by atoms with Gasteiger partial charge in [-0.25, -0.2) is 4.98 Å². The molecule has 6 aromatic carbocycles. The van der Waals surface area contributed by atoms with Crippen LogP contribution in [0.1, 0.15) is 0 Å². The maximum absolute atomic E-state index is 5.70. The van der Waals surface area contributed by atoms with Crippen LogP contribution < -0.4 is 4.74 Å². The number of fused-ring (bicyclic) bond motifs is 7. The molecule has 0 aliphatic carbocycles. The molecule has 5 nitrogen and oxygen atoms in total.